The van der Waals surface area contributed by atoms with Crippen molar-refractivity contribution < 1.29 is 8.42 Å². The van der Waals surface area contributed by atoms with Crippen LogP contribution >= 0.6 is 0 Å². The highest BCUT2D eigenvalue weighted by Crippen LogP contribution is 2.11. The second kappa shape index (κ2) is 5.98. The Hall–Kier alpha value is -1.13. The van der Waals surface area contributed by atoms with E-state index < -0.39 is 10.0 Å². The van der Waals surface area contributed by atoms with Crippen LogP contribution in [0, 0.1) is 5.92 Å². The molecule has 0 aliphatic carbocycles. The minimum atomic E-state index is -3.28. The molecule has 0 bridgehead atoms. The van der Waals surface area contributed by atoms with E-state index in [1.807, 2.05) is 24.3 Å². The van der Waals surface area contributed by atoms with Crippen molar-refractivity contribution in [1.82, 2.24) is 4.72 Å². The van der Waals surface area contributed by atoms with Gasteiger partial charge in [0.05, 0.1) is 0 Å². The highest BCUT2D eigenvalue weighted by atomic mass is 32.2. The average molecular weight is 253 g/mol. The number of hydrogen-bond acceptors (Lipinski definition) is 2. The topological polar surface area (TPSA) is 46.2 Å². The highest BCUT2D eigenvalue weighted by molar-refractivity contribution is 7.92. The fourth-order valence-corrected chi connectivity index (χ4v) is 1.94. The maximum atomic E-state index is 11.2. The number of sulfonamides is 1. The molecule has 0 saturated heterocycles. The molecule has 0 aromatic heterocycles. The van der Waals surface area contributed by atoms with E-state index in [1.54, 1.807) is 6.08 Å². The molecule has 1 rings (SSSR count). The smallest absolute Gasteiger partial charge is 0.215 e. The molecule has 0 saturated carbocycles. The summed E-state index contributed by atoms with van der Waals surface area (Å²) in [5, 5.41) is 1.17. The molecule has 94 valence electrons. The van der Waals surface area contributed by atoms with Crippen molar-refractivity contribution in [3.05, 3.63) is 40.8 Å². The van der Waals surface area contributed by atoms with Crippen molar-refractivity contribution in [3.8, 4) is 0 Å². The summed E-state index contributed by atoms with van der Waals surface area (Å²) < 4.78 is 24.6. The summed E-state index contributed by atoms with van der Waals surface area (Å²) in [6, 6.07) is 7.93. The van der Waals surface area contributed by atoms with Crippen LogP contribution in [0.4, 0.5) is 0 Å². The monoisotopic (exact) mass is 253 g/mol. The van der Waals surface area contributed by atoms with Crippen LogP contribution in [-0.2, 0) is 16.4 Å². The van der Waals surface area contributed by atoms with Crippen LogP contribution in [0.2, 0.25) is 0 Å². The molecule has 1 N–H and O–H groups in total. The Balaban J connectivity index is 2.75. The van der Waals surface area contributed by atoms with Gasteiger partial charge in [-0.25, -0.2) is 13.1 Å². The van der Waals surface area contributed by atoms with Gasteiger partial charge >= 0.3 is 0 Å². The number of hydrogen-bond donors (Lipinski definition) is 1. The number of benzene rings is 1. The van der Waals surface area contributed by atoms with Gasteiger partial charge in [0.15, 0.2) is 0 Å². The summed E-state index contributed by atoms with van der Waals surface area (Å²) in [6.07, 6.45) is 2.63. The first kappa shape index (κ1) is 13.9. The molecule has 17 heavy (non-hydrogen) atoms. The van der Waals surface area contributed by atoms with E-state index in [4.69, 9.17) is 0 Å². The van der Waals surface area contributed by atoms with Gasteiger partial charge in [0.25, 0.3) is 0 Å². The molecule has 0 atom stereocenters. The third-order valence-corrected chi connectivity index (χ3v) is 3.41. The minimum Gasteiger partial charge on any atom is -0.215 e. The van der Waals surface area contributed by atoms with Crippen molar-refractivity contribution >= 4 is 16.1 Å². The molecule has 0 fully saturated rings. The largest absolute Gasteiger partial charge is 0.233 e. The van der Waals surface area contributed by atoms with Gasteiger partial charge in [-0.3, -0.25) is 0 Å². The van der Waals surface area contributed by atoms with Crippen LogP contribution in [0.1, 0.15) is 25.0 Å². The fraction of sp³-hybridized carbons (Fsp3) is 0.385. The Kier molecular flexibility index (Phi) is 4.90. The lowest BCUT2D eigenvalue weighted by molar-refractivity contribution is 0.597. The Morgan fingerprint density at radius 3 is 2.29 bits per heavy atom. The lowest BCUT2D eigenvalue weighted by atomic mass is 10.0. The Labute approximate surface area is 104 Å². The van der Waals surface area contributed by atoms with Crippen LogP contribution in [0.15, 0.2) is 29.7 Å². The minimum absolute atomic E-state index is 0.626. The molecule has 1 aromatic rings. The van der Waals surface area contributed by atoms with Gasteiger partial charge in [-0.15, -0.1) is 0 Å². The third kappa shape index (κ3) is 5.15. The van der Waals surface area contributed by atoms with E-state index in [2.05, 4.69) is 18.6 Å². The summed E-state index contributed by atoms with van der Waals surface area (Å²) in [7, 11) is -1.88. The second-order valence-electron chi connectivity index (χ2n) is 4.39. The van der Waals surface area contributed by atoms with Crippen molar-refractivity contribution in [3.63, 3.8) is 0 Å². The summed E-state index contributed by atoms with van der Waals surface area (Å²) >= 11 is 0. The quantitative estimate of drug-likeness (QED) is 0.876. The van der Waals surface area contributed by atoms with Crippen LogP contribution in [0.3, 0.4) is 0 Å². The Morgan fingerprint density at radius 2 is 1.82 bits per heavy atom. The number of rotatable bonds is 5. The first-order valence-electron chi connectivity index (χ1n) is 5.63. The van der Waals surface area contributed by atoms with Gasteiger partial charge in [0.1, 0.15) is 0 Å². The standard InChI is InChI=1S/C13H19NO2S/c1-11(2)10-13-6-4-12(5-7-13)8-9-17(15,16)14-3/h4-9,11,14H,10H2,1-3H3. The SMILES string of the molecule is CNS(=O)(=O)C=Cc1ccc(CC(C)C)cc1. The van der Waals surface area contributed by atoms with E-state index in [0.29, 0.717) is 5.92 Å². The van der Waals surface area contributed by atoms with E-state index in [9.17, 15) is 8.42 Å². The highest BCUT2D eigenvalue weighted by Gasteiger charge is 2.00. The summed E-state index contributed by atoms with van der Waals surface area (Å²) in [4.78, 5) is 0. The fourth-order valence-electron chi connectivity index (χ4n) is 1.47. The van der Waals surface area contributed by atoms with Crippen molar-refractivity contribution in [1.29, 1.82) is 0 Å². The average Bonchev–Trinajstić information content (AvgIpc) is 2.28. The van der Waals surface area contributed by atoms with Gasteiger partial charge in [0.2, 0.25) is 10.0 Å². The molecule has 0 aliphatic rings. The zero-order valence-corrected chi connectivity index (χ0v) is 11.3. The van der Waals surface area contributed by atoms with Crippen molar-refractivity contribution in [2.45, 2.75) is 20.3 Å². The van der Waals surface area contributed by atoms with Crippen LogP contribution < -0.4 is 4.72 Å². The molecular formula is C13H19NO2S. The third-order valence-electron chi connectivity index (χ3n) is 2.35. The lowest BCUT2D eigenvalue weighted by Gasteiger charge is -2.04. The summed E-state index contributed by atoms with van der Waals surface area (Å²) in [5.74, 6) is 0.626. The summed E-state index contributed by atoms with van der Waals surface area (Å²) in [5.41, 5.74) is 2.16. The lowest BCUT2D eigenvalue weighted by Crippen LogP contribution is -2.14. The number of nitrogens with one attached hydrogen (secondary N) is 1. The van der Waals surface area contributed by atoms with E-state index >= 15 is 0 Å². The Bertz CT molecular complexity index is 473. The van der Waals surface area contributed by atoms with Crippen LogP contribution in [0.25, 0.3) is 6.08 Å². The van der Waals surface area contributed by atoms with E-state index in [1.165, 1.54) is 18.0 Å². The first-order valence-corrected chi connectivity index (χ1v) is 7.18. The van der Waals surface area contributed by atoms with Crippen LogP contribution in [0.5, 0.6) is 0 Å². The molecule has 0 spiro atoms. The molecule has 0 unspecified atom stereocenters. The molecule has 0 amide bonds. The molecule has 4 heteroatoms. The van der Waals surface area contributed by atoms with Gasteiger partial charge in [0, 0.05) is 5.41 Å². The molecule has 3 nitrogen and oxygen atoms in total. The maximum Gasteiger partial charge on any atom is 0.233 e. The van der Waals surface area contributed by atoms with E-state index in [-0.39, 0.29) is 0 Å². The second-order valence-corrected chi connectivity index (χ2v) is 6.16. The van der Waals surface area contributed by atoms with Gasteiger partial charge < -0.3 is 0 Å². The zero-order valence-electron chi connectivity index (χ0n) is 10.5. The normalized spacial score (nSPS) is 12.5. The van der Waals surface area contributed by atoms with Crippen LogP contribution in [-0.4, -0.2) is 15.5 Å². The molecule has 1 aromatic carbocycles. The Morgan fingerprint density at radius 1 is 1.24 bits per heavy atom. The van der Waals surface area contributed by atoms with Crippen molar-refractivity contribution in [2.24, 2.45) is 5.92 Å². The first-order chi connectivity index (χ1) is 7.93. The maximum absolute atomic E-state index is 11.2. The van der Waals surface area contributed by atoms with Gasteiger partial charge in [-0.2, -0.15) is 0 Å². The molecular weight excluding hydrogens is 234 g/mol. The molecule has 0 aliphatic heterocycles. The van der Waals surface area contributed by atoms with Gasteiger partial charge in [-0.05, 0) is 36.6 Å². The van der Waals surface area contributed by atoms with Crippen molar-refractivity contribution in [2.75, 3.05) is 7.05 Å². The summed E-state index contributed by atoms with van der Waals surface area (Å²) in [6.45, 7) is 4.35. The van der Waals surface area contributed by atoms with Gasteiger partial charge in [-0.1, -0.05) is 38.1 Å². The predicted octanol–water partition coefficient (Wildman–Crippen LogP) is 2.41. The molecule has 0 heterocycles. The molecule has 0 radical (unpaired) electrons. The predicted molar refractivity (Wildman–Crippen MR) is 72.0 cm³/mol. The van der Waals surface area contributed by atoms with E-state index in [0.717, 1.165) is 12.0 Å². The zero-order chi connectivity index (χ0) is 12.9.